The summed E-state index contributed by atoms with van der Waals surface area (Å²) in [6.07, 6.45) is 1.93. The van der Waals surface area contributed by atoms with Crippen LogP contribution in [0.25, 0.3) is 0 Å². The molecule has 0 saturated carbocycles. The van der Waals surface area contributed by atoms with Crippen LogP contribution in [0, 0.1) is 0 Å². The number of carbonyl (C=O) groups is 2. The minimum atomic E-state index is -0.779. The Morgan fingerprint density at radius 2 is 1.96 bits per heavy atom. The second kappa shape index (κ2) is 6.22. The van der Waals surface area contributed by atoms with Gasteiger partial charge in [0, 0.05) is 24.1 Å². The van der Waals surface area contributed by atoms with E-state index in [4.69, 9.17) is 10.2 Å². The van der Waals surface area contributed by atoms with Crippen LogP contribution in [0.3, 0.4) is 0 Å². The van der Waals surface area contributed by atoms with Crippen molar-refractivity contribution in [2.75, 3.05) is 5.73 Å². The molecule has 116 valence electrons. The first-order chi connectivity index (χ1) is 11.1. The normalized spacial score (nSPS) is 10.6. The molecule has 2 aromatic heterocycles. The van der Waals surface area contributed by atoms with E-state index in [1.165, 1.54) is 6.26 Å². The van der Waals surface area contributed by atoms with Crippen LogP contribution >= 0.6 is 0 Å². The van der Waals surface area contributed by atoms with E-state index in [1.807, 2.05) is 12.1 Å². The molecule has 3 N–H and O–H groups in total. The van der Waals surface area contributed by atoms with Crippen molar-refractivity contribution < 1.29 is 14.0 Å². The largest absolute Gasteiger partial charge is 0.469 e. The van der Waals surface area contributed by atoms with Gasteiger partial charge in [-0.15, -0.1) is 10.2 Å². The Bertz CT molecular complexity index is 821. The van der Waals surface area contributed by atoms with Crippen LogP contribution in [0.4, 0.5) is 5.69 Å². The molecule has 0 fully saturated rings. The first-order valence-corrected chi connectivity index (χ1v) is 6.84. The second-order valence-electron chi connectivity index (χ2n) is 4.95. The molecule has 0 saturated heterocycles. The molecule has 0 bridgehead atoms. The lowest BCUT2D eigenvalue weighted by Gasteiger charge is -2.03. The predicted molar refractivity (Wildman–Crippen MR) is 79.6 cm³/mol. The second-order valence-corrected chi connectivity index (χ2v) is 4.95. The summed E-state index contributed by atoms with van der Waals surface area (Å²) in [5, 5.41) is 12.4. The maximum absolute atomic E-state index is 12.0. The number of rotatable bonds is 6. The molecule has 0 amide bonds. The van der Waals surface area contributed by atoms with Gasteiger partial charge < -0.3 is 10.2 Å². The zero-order valence-corrected chi connectivity index (χ0v) is 12.0. The molecule has 3 aromatic rings. The van der Waals surface area contributed by atoms with E-state index in [-0.39, 0.29) is 12.2 Å². The number of nitrogens with zero attached hydrogens (tertiary/aromatic N) is 3. The third kappa shape index (κ3) is 3.31. The molecule has 8 nitrogen and oxygen atoms in total. The van der Waals surface area contributed by atoms with E-state index in [1.54, 1.807) is 18.2 Å². The first-order valence-electron chi connectivity index (χ1n) is 6.84. The Kier molecular flexibility index (Phi) is 3.96. The summed E-state index contributed by atoms with van der Waals surface area (Å²) in [6.45, 7) is 0. The van der Waals surface area contributed by atoms with Gasteiger partial charge in [0.15, 0.2) is 0 Å². The number of ketones is 2. The van der Waals surface area contributed by atoms with Crippen LogP contribution in [0.5, 0.6) is 0 Å². The number of carbonyl (C=O) groups excluding carboxylic acids is 2. The van der Waals surface area contributed by atoms with Crippen LogP contribution in [0.1, 0.15) is 27.5 Å². The number of hydrogen-bond donors (Lipinski definition) is 2. The van der Waals surface area contributed by atoms with Crippen LogP contribution < -0.4 is 5.73 Å². The minimum Gasteiger partial charge on any atom is -0.469 e. The lowest BCUT2D eigenvalue weighted by Crippen LogP contribution is -2.18. The Labute approximate surface area is 130 Å². The summed E-state index contributed by atoms with van der Waals surface area (Å²) in [6, 6.07) is 9.03. The van der Waals surface area contributed by atoms with E-state index < -0.39 is 11.6 Å². The molecule has 0 aliphatic heterocycles. The van der Waals surface area contributed by atoms with E-state index >= 15 is 0 Å². The Balaban J connectivity index is 1.72. The van der Waals surface area contributed by atoms with Crippen molar-refractivity contribution in [2.45, 2.75) is 12.8 Å². The van der Waals surface area contributed by atoms with Gasteiger partial charge in [0.1, 0.15) is 5.76 Å². The molecule has 0 aliphatic carbocycles. The van der Waals surface area contributed by atoms with Crippen LogP contribution in [-0.4, -0.2) is 32.2 Å². The highest BCUT2D eigenvalue weighted by Gasteiger charge is 2.22. The molecule has 23 heavy (non-hydrogen) atoms. The number of nitrogen functional groups attached to an aromatic ring is 1. The topological polar surface area (TPSA) is 128 Å². The van der Waals surface area contributed by atoms with Crippen molar-refractivity contribution in [3.8, 4) is 0 Å². The van der Waals surface area contributed by atoms with Gasteiger partial charge in [-0.05, 0) is 29.0 Å². The minimum absolute atomic E-state index is 0.0752. The van der Waals surface area contributed by atoms with Gasteiger partial charge in [-0.2, -0.15) is 5.21 Å². The van der Waals surface area contributed by atoms with Gasteiger partial charge in [-0.25, -0.2) is 0 Å². The summed E-state index contributed by atoms with van der Waals surface area (Å²) in [7, 11) is 0. The molecule has 8 heteroatoms. The average Bonchev–Trinajstić information content (AvgIpc) is 3.21. The van der Waals surface area contributed by atoms with Gasteiger partial charge in [0.05, 0.1) is 6.26 Å². The SMILES string of the molecule is Nc1ccc(Cc2occc2CC(=O)C(=O)c2nn[nH]n2)cc1. The lowest BCUT2D eigenvalue weighted by atomic mass is 10.0. The number of nitrogens with two attached hydrogens (primary N) is 1. The van der Waals surface area contributed by atoms with Crippen molar-refractivity contribution in [3.05, 3.63) is 59.3 Å². The highest BCUT2D eigenvalue weighted by molar-refractivity contribution is 6.43. The fourth-order valence-electron chi connectivity index (χ4n) is 2.14. The van der Waals surface area contributed by atoms with Crippen molar-refractivity contribution in [3.63, 3.8) is 0 Å². The maximum Gasteiger partial charge on any atom is 0.269 e. The smallest absolute Gasteiger partial charge is 0.269 e. The molecule has 0 spiro atoms. The van der Waals surface area contributed by atoms with Crippen molar-refractivity contribution in [2.24, 2.45) is 0 Å². The summed E-state index contributed by atoms with van der Waals surface area (Å²) in [4.78, 5) is 23.9. The van der Waals surface area contributed by atoms with Gasteiger partial charge >= 0.3 is 0 Å². The summed E-state index contributed by atoms with van der Waals surface area (Å²) >= 11 is 0. The number of aromatic nitrogens is 4. The zero-order chi connectivity index (χ0) is 16.2. The number of nitrogens with one attached hydrogen (secondary N) is 1. The van der Waals surface area contributed by atoms with Crippen molar-refractivity contribution in [1.82, 2.24) is 20.6 Å². The molecule has 0 unspecified atom stereocenters. The molecular formula is C15H13N5O3. The summed E-state index contributed by atoms with van der Waals surface area (Å²) in [5.74, 6) is -1.01. The Morgan fingerprint density at radius 1 is 1.17 bits per heavy atom. The molecule has 0 aliphatic rings. The Morgan fingerprint density at radius 3 is 2.65 bits per heavy atom. The van der Waals surface area contributed by atoms with E-state index in [2.05, 4.69) is 20.6 Å². The maximum atomic E-state index is 12.0. The average molecular weight is 311 g/mol. The molecule has 3 rings (SSSR count). The van der Waals surface area contributed by atoms with E-state index in [0.29, 0.717) is 23.4 Å². The monoisotopic (exact) mass is 311 g/mol. The highest BCUT2D eigenvalue weighted by Crippen LogP contribution is 2.18. The predicted octanol–water partition coefficient (Wildman–Crippen LogP) is 0.960. The van der Waals surface area contributed by atoms with Gasteiger partial charge in [-0.3, -0.25) is 9.59 Å². The zero-order valence-electron chi connectivity index (χ0n) is 12.0. The van der Waals surface area contributed by atoms with Crippen molar-refractivity contribution in [1.29, 1.82) is 0 Å². The standard InChI is InChI=1S/C15H13N5O3/c16-11-3-1-9(2-4-11)7-13-10(5-6-23-13)8-12(21)14(22)15-17-19-20-18-15/h1-6H,7-8,16H2,(H,17,18,19,20). The van der Waals surface area contributed by atoms with Crippen LogP contribution in [0.2, 0.25) is 0 Å². The van der Waals surface area contributed by atoms with E-state index in [9.17, 15) is 9.59 Å². The fraction of sp³-hybridized carbons (Fsp3) is 0.133. The number of H-pyrrole nitrogens is 1. The van der Waals surface area contributed by atoms with Crippen LogP contribution in [-0.2, 0) is 17.6 Å². The number of furan rings is 1. The third-order valence-corrected chi connectivity index (χ3v) is 3.33. The third-order valence-electron chi connectivity index (χ3n) is 3.33. The molecule has 2 heterocycles. The van der Waals surface area contributed by atoms with Gasteiger partial charge in [-0.1, -0.05) is 12.1 Å². The number of anilines is 1. The van der Waals surface area contributed by atoms with Crippen LogP contribution in [0.15, 0.2) is 41.0 Å². The molecule has 0 radical (unpaired) electrons. The fourth-order valence-corrected chi connectivity index (χ4v) is 2.14. The number of benzene rings is 1. The molecule has 0 atom stereocenters. The molecule has 1 aromatic carbocycles. The van der Waals surface area contributed by atoms with Gasteiger partial charge in [0.2, 0.25) is 11.6 Å². The first kappa shape index (κ1) is 14.6. The number of aromatic amines is 1. The highest BCUT2D eigenvalue weighted by atomic mass is 16.3. The van der Waals surface area contributed by atoms with Gasteiger partial charge in [0.25, 0.3) is 5.78 Å². The lowest BCUT2D eigenvalue weighted by molar-refractivity contribution is -0.114. The number of hydrogen-bond acceptors (Lipinski definition) is 7. The number of Topliss-reactive ketones (excluding diaryl/α,β-unsaturated/α-hetero) is 2. The Hall–Kier alpha value is -3.29. The number of tetrazole rings is 1. The molecular weight excluding hydrogens is 298 g/mol. The summed E-state index contributed by atoms with van der Waals surface area (Å²) in [5.41, 5.74) is 7.97. The summed E-state index contributed by atoms with van der Waals surface area (Å²) < 4.78 is 5.43. The quantitative estimate of drug-likeness (QED) is 0.394. The van der Waals surface area contributed by atoms with E-state index in [0.717, 1.165) is 5.56 Å². The van der Waals surface area contributed by atoms with Crippen molar-refractivity contribution >= 4 is 17.3 Å².